The summed E-state index contributed by atoms with van der Waals surface area (Å²) in [5.74, 6) is -2.84. The van der Waals surface area contributed by atoms with Crippen LogP contribution < -0.4 is 10.6 Å². The van der Waals surface area contributed by atoms with Crippen LogP contribution in [0.1, 0.15) is 38.3 Å². The van der Waals surface area contributed by atoms with Crippen molar-refractivity contribution in [1.82, 2.24) is 10.6 Å². The van der Waals surface area contributed by atoms with E-state index in [0.717, 1.165) is 5.56 Å². The van der Waals surface area contributed by atoms with Gasteiger partial charge in [0.1, 0.15) is 6.04 Å². The molecule has 0 aliphatic rings. The zero-order valence-electron chi connectivity index (χ0n) is 16.7. The molecule has 3 N–H and O–H groups in total. The number of rotatable bonds is 12. The minimum atomic E-state index is -1.07. The largest absolute Gasteiger partial charge is 0.481 e. The first kappa shape index (κ1) is 23.4. The van der Waals surface area contributed by atoms with Crippen molar-refractivity contribution in [2.75, 3.05) is 13.7 Å². The second kappa shape index (κ2) is 11.9. The lowest BCUT2D eigenvalue weighted by Gasteiger charge is -2.27. The molecule has 1 aromatic carbocycles. The molecule has 0 unspecified atom stereocenters. The average Bonchev–Trinajstić information content (AvgIpc) is 2.65. The van der Waals surface area contributed by atoms with Crippen LogP contribution in [-0.2, 0) is 19.1 Å². The normalized spacial score (nSPS) is 14.0. The van der Waals surface area contributed by atoms with Gasteiger partial charge < -0.3 is 20.5 Å². The van der Waals surface area contributed by atoms with Crippen molar-refractivity contribution in [2.24, 2.45) is 11.8 Å². The highest BCUT2D eigenvalue weighted by Gasteiger charge is 2.29. The molecule has 154 valence electrons. The summed E-state index contributed by atoms with van der Waals surface area (Å²) in [6.07, 6.45) is 1.41. The summed E-state index contributed by atoms with van der Waals surface area (Å²) >= 11 is 0. The van der Waals surface area contributed by atoms with Gasteiger partial charge in [0, 0.05) is 7.11 Å². The molecular formula is C21H30N2O5. The van der Waals surface area contributed by atoms with Crippen LogP contribution in [0, 0.1) is 11.8 Å². The Morgan fingerprint density at radius 1 is 1.14 bits per heavy atom. The summed E-state index contributed by atoms with van der Waals surface area (Å²) in [5, 5.41) is 14.6. The fraction of sp³-hybridized carbons (Fsp3) is 0.476. The number of carboxylic acid groups (broad SMARTS) is 1. The molecule has 1 aromatic rings. The van der Waals surface area contributed by atoms with E-state index in [-0.39, 0.29) is 37.3 Å². The lowest BCUT2D eigenvalue weighted by molar-refractivity contribution is -0.141. The highest BCUT2D eigenvalue weighted by Crippen LogP contribution is 2.15. The van der Waals surface area contributed by atoms with Gasteiger partial charge in [-0.3, -0.25) is 14.4 Å². The van der Waals surface area contributed by atoms with Gasteiger partial charge in [0.2, 0.25) is 11.8 Å². The van der Waals surface area contributed by atoms with Gasteiger partial charge in [-0.1, -0.05) is 50.3 Å². The van der Waals surface area contributed by atoms with Gasteiger partial charge in [0.25, 0.3) is 0 Å². The van der Waals surface area contributed by atoms with Crippen LogP contribution in [0.4, 0.5) is 0 Å². The molecule has 7 heteroatoms. The lowest BCUT2D eigenvalue weighted by Crippen LogP contribution is -2.52. The van der Waals surface area contributed by atoms with E-state index in [1.807, 2.05) is 44.2 Å². The van der Waals surface area contributed by atoms with Crippen LogP contribution in [-0.4, -0.2) is 42.6 Å². The Bertz CT molecular complexity index is 660. The molecule has 0 spiro atoms. The fourth-order valence-electron chi connectivity index (χ4n) is 2.84. The second-order valence-electron chi connectivity index (χ2n) is 6.98. The highest BCUT2D eigenvalue weighted by molar-refractivity contribution is 5.90. The SMILES string of the molecule is C=CC[C@H](CC(=O)O)C(=O)N[C@H](C(=O)N[C@H](COC)c1ccccc1)C(C)C. The standard InChI is InChI=1S/C21H30N2O5/c1-5-9-16(12-18(24)25)20(26)23-19(14(2)3)21(27)22-17(13-28-4)15-10-7-6-8-11-15/h5-8,10-11,14,16-17,19H,1,9,12-13H2,2-4H3,(H,22,27)(H,23,26)(H,24,25)/t16-,17-,19+/m1/s1. The molecule has 0 fully saturated rings. The smallest absolute Gasteiger partial charge is 0.304 e. The molecule has 0 heterocycles. The summed E-state index contributed by atoms with van der Waals surface area (Å²) in [4.78, 5) is 36.4. The van der Waals surface area contributed by atoms with E-state index in [1.165, 1.54) is 6.08 Å². The Balaban J connectivity index is 2.90. The minimum absolute atomic E-state index is 0.183. The maximum Gasteiger partial charge on any atom is 0.304 e. The maximum atomic E-state index is 12.9. The maximum absolute atomic E-state index is 12.9. The Labute approximate surface area is 166 Å². The van der Waals surface area contributed by atoms with Crippen molar-refractivity contribution < 1.29 is 24.2 Å². The monoisotopic (exact) mass is 390 g/mol. The van der Waals surface area contributed by atoms with Crippen LogP contribution >= 0.6 is 0 Å². The number of benzene rings is 1. The number of hydrogen-bond acceptors (Lipinski definition) is 4. The van der Waals surface area contributed by atoms with Gasteiger partial charge >= 0.3 is 5.97 Å². The van der Waals surface area contributed by atoms with E-state index in [1.54, 1.807) is 7.11 Å². The third kappa shape index (κ3) is 7.52. The average molecular weight is 390 g/mol. The molecule has 3 atom stereocenters. The van der Waals surface area contributed by atoms with Gasteiger partial charge in [-0.05, 0) is 17.9 Å². The summed E-state index contributed by atoms with van der Waals surface area (Å²) in [5.41, 5.74) is 0.891. The van der Waals surface area contributed by atoms with Crippen LogP contribution in [0.5, 0.6) is 0 Å². The number of carbonyl (C=O) groups is 3. The molecule has 0 aliphatic heterocycles. The summed E-state index contributed by atoms with van der Waals surface area (Å²) < 4.78 is 5.22. The lowest BCUT2D eigenvalue weighted by atomic mass is 9.97. The molecule has 0 aliphatic carbocycles. The Hall–Kier alpha value is -2.67. The number of carboxylic acids is 1. The Kier molecular flexibility index (Phi) is 9.95. The van der Waals surface area contributed by atoms with Crippen molar-refractivity contribution >= 4 is 17.8 Å². The molecule has 7 nitrogen and oxygen atoms in total. The number of carbonyl (C=O) groups excluding carboxylic acids is 2. The first-order valence-electron chi connectivity index (χ1n) is 9.27. The van der Waals surface area contributed by atoms with Crippen molar-refractivity contribution in [2.45, 2.75) is 38.8 Å². The van der Waals surface area contributed by atoms with Crippen LogP contribution in [0.25, 0.3) is 0 Å². The predicted molar refractivity (Wildman–Crippen MR) is 107 cm³/mol. The fourth-order valence-corrected chi connectivity index (χ4v) is 2.84. The topological polar surface area (TPSA) is 105 Å². The van der Waals surface area contributed by atoms with Crippen molar-refractivity contribution in [3.05, 3.63) is 48.6 Å². The quantitative estimate of drug-likeness (QED) is 0.475. The number of allylic oxidation sites excluding steroid dienone is 1. The van der Waals surface area contributed by atoms with Gasteiger partial charge in [0.05, 0.1) is 25.0 Å². The molecule has 0 saturated heterocycles. The van der Waals surface area contributed by atoms with Gasteiger partial charge in [-0.2, -0.15) is 0 Å². The molecule has 0 radical (unpaired) electrons. The summed E-state index contributed by atoms with van der Waals surface area (Å²) in [6.45, 7) is 7.49. The number of hydrogen-bond donors (Lipinski definition) is 3. The third-order valence-electron chi connectivity index (χ3n) is 4.34. The van der Waals surface area contributed by atoms with E-state index in [2.05, 4.69) is 17.2 Å². The number of nitrogens with one attached hydrogen (secondary N) is 2. The molecule has 0 saturated carbocycles. The van der Waals surface area contributed by atoms with Crippen molar-refractivity contribution in [1.29, 1.82) is 0 Å². The van der Waals surface area contributed by atoms with Gasteiger partial charge in [-0.25, -0.2) is 0 Å². The van der Waals surface area contributed by atoms with Gasteiger partial charge in [-0.15, -0.1) is 6.58 Å². The van der Waals surface area contributed by atoms with Crippen LogP contribution in [0.15, 0.2) is 43.0 Å². The van der Waals surface area contributed by atoms with E-state index in [9.17, 15) is 14.4 Å². The molecule has 28 heavy (non-hydrogen) atoms. The molecular weight excluding hydrogens is 360 g/mol. The number of ether oxygens (including phenoxy) is 1. The molecule has 2 amide bonds. The highest BCUT2D eigenvalue weighted by atomic mass is 16.5. The number of methoxy groups -OCH3 is 1. The van der Waals surface area contributed by atoms with E-state index < -0.39 is 23.8 Å². The van der Waals surface area contributed by atoms with Gasteiger partial charge in [0.15, 0.2) is 0 Å². The zero-order valence-corrected chi connectivity index (χ0v) is 16.7. The Morgan fingerprint density at radius 3 is 2.29 bits per heavy atom. The number of aliphatic carboxylic acids is 1. The molecule has 0 aromatic heterocycles. The predicted octanol–water partition coefficient (Wildman–Crippen LogP) is 2.30. The first-order chi connectivity index (χ1) is 13.3. The first-order valence-corrected chi connectivity index (χ1v) is 9.27. The summed E-state index contributed by atoms with van der Waals surface area (Å²) in [7, 11) is 1.55. The molecule has 1 rings (SSSR count). The van der Waals surface area contributed by atoms with Crippen LogP contribution in [0.3, 0.4) is 0 Å². The van der Waals surface area contributed by atoms with E-state index in [0.29, 0.717) is 0 Å². The minimum Gasteiger partial charge on any atom is -0.481 e. The zero-order chi connectivity index (χ0) is 21.1. The second-order valence-corrected chi connectivity index (χ2v) is 6.98. The molecule has 0 bridgehead atoms. The third-order valence-corrected chi connectivity index (χ3v) is 4.34. The van der Waals surface area contributed by atoms with E-state index >= 15 is 0 Å². The number of amides is 2. The summed E-state index contributed by atoms with van der Waals surface area (Å²) in [6, 6.07) is 8.25. The van der Waals surface area contributed by atoms with Crippen molar-refractivity contribution in [3.8, 4) is 0 Å². The Morgan fingerprint density at radius 2 is 1.79 bits per heavy atom. The van der Waals surface area contributed by atoms with Crippen LogP contribution in [0.2, 0.25) is 0 Å². The van der Waals surface area contributed by atoms with Crippen molar-refractivity contribution in [3.63, 3.8) is 0 Å². The van der Waals surface area contributed by atoms with E-state index in [4.69, 9.17) is 9.84 Å².